The van der Waals surface area contributed by atoms with E-state index in [0.29, 0.717) is 39.0 Å². The van der Waals surface area contributed by atoms with Crippen LogP contribution < -0.4 is 19.5 Å². The first-order valence-electron chi connectivity index (χ1n) is 8.61. The molecule has 0 radical (unpaired) electrons. The minimum Gasteiger partial charge on any atom is -0.497 e. The topological polar surface area (TPSA) is 93.5 Å². The Kier molecular flexibility index (Phi) is 6.42. The summed E-state index contributed by atoms with van der Waals surface area (Å²) in [7, 11) is 4.66. The van der Waals surface area contributed by atoms with Crippen molar-refractivity contribution in [1.82, 2.24) is 4.98 Å². The molecule has 0 bridgehead atoms. The van der Waals surface area contributed by atoms with Crippen LogP contribution in [0.2, 0.25) is 0 Å². The standard InChI is InChI=1S/C21H19N3O4S/c1-26-16-6-4-13-8-14(11-22)21(24-17(13)10-16)29-12-20(25)23-15-5-7-18(27-2)19(9-15)28-3/h4-10H,12H2,1-3H3,(H,23,25). The number of thioether (sulfide) groups is 1. The Morgan fingerprint density at radius 3 is 2.55 bits per heavy atom. The van der Waals surface area contributed by atoms with Crippen LogP contribution in [-0.2, 0) is 4.79 Å². The summed E-state index contributed by atoms with van der Waals surface area (Å²) in [5, 5.41) is 13.6. The van der Waals surface area contributed by atoms with Gasteiger partial charge in [-0.3, -0.25) is 4.79 Å². The van der Waals surface area contributed by atoms with Crippen molar-refractivity contribution in [3.05, 3.63) is 48.0 Å². The Labute approximate surface area is 172 Å². The second-order valence-electron chi connectivity index (χ2n) is 5.92. The first-order valence-corrected chi connectivity index (χ1v) is 9.60. The van der Waals surface area contributed by atoms with Crippen LogP contribution in [0.3, 0.4) is 0 Å². The van der Waals surface area contributed by atoms with Crippen molar-refractivity contribution in [2.45, 2.75) is 5.03 Å². The van der Waals surface area contributed by atoms with Gasteiger partial charge in [-0.05, 0) is 30.3 Å². The van der Waals surface area contributed by atoms with Crippen LogP contribution in [0.15, 0.2) is 47.5 Å². The lowest BCUT2D eigenvalue weighted by atomic mass is 10.1. The zero-order chi connectivity index (χ0) is 20.8. The van der Waals surface area contributed by atoms with E-state index in [1.807, 2.05) is 12.1 Å². The number of carbonyl (C=O) groups is 1. The van der Waals surface area contributed by atoms with Crippen LogP contribution in [0.1, 0.15) is 5.56 Å². The molecule has 0 saturated carbocycles. The molecule has 7 nitrogen and oxygen atoms in total. The highest BCUT2D eigenvalue weighted by molar-refractivity contribution is 8.00. The third-order valence-electron chi connectivity index (χ3n) is 4.12. The molecule has 8 heteroatoms. The lowest BCUT2D eigenvalue weighted by molar-refractivity contribution is -0.113. The van der Waals surface area contributed by atoms with Crippen LogP contribution in [0, 0.1) is 11.3 Å². The number of anilines is 1. The maximum absolute atomic E-state index is 12.4. The van der Waals surface area contributed by atoms with Gasteiger partial charge in [0.1, 0.15) is 16.8 Å². The van der Waals surface area contributed by atoms with Gasteiger partial charge in [0.05, 0.1) is 38.2 Å². The van der Waals surface area contributed by atoms with Gasteiger partial charge in [0.15, 0.2) is 11.5 Å². The molecule has 0 saturated heterocycles. The number of amides is 1. The lowest BCUT2D eigenvalue weighted by Crippen LogP contribution is -2.14. The van der Waals surface area contributed by atoms with E-state index in [0.717, 1.165) is 5.39 Å². The molecule has 0 spiro atoms. The SMILES string of the molecule is COc1ccc2cc(C#N)c(SCC(=O)Nc3ccc(OC)c(OC)c3)nc2c1. The third-order valence-corrected chi connectivity index (χ3v) is 5.11. The van der Waals surface area contributed by atoms with E-state index in [2.05, 4.69) is 16.4 Å². The van der Waals surface area contributed by atoms with Gasteiger partial charge in [0.2, 0.25) is 5.91 Å². The second-order valence-corrected chi connectivity index (χ2v) is 6.88. The zero-order valence-electron chi connectivity index (χ0n) is 16.2. The molecule has 0 aliphatic heterocycles. The molecule has 0 atom stereocenters. The fourth-order valence-electron chi connectivity index (χ4n) is 2.69. The van der Waals surface area contributed by atoms with E-state index in [9.17, 15) is 10.1 Å². The summed E-state index contributed by atoms with van der Waals surface area (Å²) in [4.78, 5) is 16.9. The molecule has 3 rings (SSSR count). The number of pyridine rings is 1. The van der Waals surface area contributed by atoms with E-state index in [4.69, 9.17) is 14.2 Å². The normalized spacial score (nSPS) is 10.3. The number of aromatic nitrogens is 1. The van der Waals surface area contributed by atoms with Gasteiger partial charge in [0.25, 0.3) is 0 Å². The molecule has 0 aliphatic carbocycles. The summed E-state index contributed by atoms with van der Waals surface area (Å²) >= 11 is 1.20. The Morgan fingerprint density at radius 2 is 1.86 bits per heavy atom. The Bertz CT molecular complexity index is 1100. The molecule has 1 aromatic heterocycles. The molecule has 1 N–H and O–H groups in total. The Hall–Kier alpha value is -3.44. The highest BCUT2D eigenvalue weighted by Crippen LogP contribution is 2.30. The molecule has 0 unspecified atom stereocenters. The van der Waals surface area contributed by atoms with Crippen LogP contribution in [0.4, 0.5) is 5.69 Å². The van der Waals surface area contributed by atoms with Gasteiger partial charge < -0.3 is 19.5 Å². The van der Waals surface area contributed by atoms with Crippen LogP contribution >= 0.6 is 11.8 Å². The van der Waals surface area contributed by atoms with Gasteiger partial charge in [-0.2, -0.15) is 5.26 Å². The smallest absolute Gasteiger partial charge is 0.234 e. The molecule has 0 fully saturated rings. The summed E-state index contributed by atoms with van der Waals surface area (Å²) in [6.07, 6.45) is 0. The summed E-state index contributed by atoms with van der Waals surface area (Å²) < 4.78 is 15.7. The van der Waals surface area contributed by atoms with E-state index < -0.39 is 0 Å². The number of carbonyl (C=O) groups excluding carboxylic acids is 1. The Balaban J connectivity index is 1.74. The monoisotopic (exact) mass is 409 g/mol. The van der Waals surface area contributed by atoms with Gasteiger partial charge in [-0.25, -0.2) is 4.98 Å². The first kappa shape index (κ1) is 20.3. The molecule has 0 aliphatic rings. The fraction of sp³-hybridized carbons (Fsp3) is 0.190. The van der Waals surface area contributed by atoms with E-state index in [-0.39, 0.29) is 11.7 Å². The van der Waals surface area contributed by atoms with E-state index in [1.54, 1.807) is 44.6 Å². The highest BCUT2D eigenvalue weighted by Gasteiger charge is 2.12. The zero-order valence-corrected chi connectivity index (χ0v) is 17.0. The van der Waals surface area contributed by atoms with Crippen molar-refractivity contribution >= 4 is 34.3 Å². The number of hydrogen-bond donors (Lipinski definition) is 1. The number of ether oxygens (including phenoxy) is 3. The number of hydrogen-bond acceptors (Lipinski definition) is 7. The maximum Gasteiger partial charge on any atom is 0.234 e. The lowest BCUT2D eigenvalue weighted by Gasteiger charge is -2.11. The molecular formula is C21H19N3O4S. The van der Waals surface area contributed by atoms with Crippen molar-refractivity contribution in [1.29, 1.82) is 5.26 Å². The second kappa shape index (κ2) is 9.17. The molecule has 3 aromatic rings. The predicted octanol–water partition coefficient (Wildman–Crippen LogP) is 3.86. The summed E-state index contributed by atoms with van der Waals surface area (Å²) in [6, 6.07) is 14.5. The molecule has 2 aromatic carbocycles. The number of rotatable bonds is 7. The number of nitrogens with one attached hydrogen (secondary N) is 1. The molecular weight excluding hydrogens is 390 g/mol. The quantitative estimate of drug-likeness (QED) is 0.592. The fourth-order valence-corrected chi connectivity index (χ4v) is 3.45. The van der Waals surface area contributed by atoms with Crippen LogP contribution in [0.25, 0.3) is 10.9 Å². The number of nitriles is 1. The molecule has 1 amide bonds. The van der Waals surface area contributed by atoms with E-state index >= 15 is 0 Å². The van der Waals surface area contributed by atoms with Gasteiger partial charge in [-0.15, -0.1) is 0 Å². The minimum atomic E-state index is -0.223. The van der Waals surface area contributed by atoms with Crippen molar-refractivity contribution in [3.63, 3.8) is 0 Å². The van der Waals surface area contributed by atoms with Crippen molar-refractivity contribution < 1.29 is 19.0 Å². The predicted molar refractivity (Wildman–Crippen MR) is 112 cm³/mol. The number of fused-ring (bicyclic) bond motifs is 1. The van der Waals surface area contributed by atoms with E-state index in [1.165, 1.54) is 18.9 Å². The van der Waals surface area contributed by atoms with Crippen molar-refractivity contribution in [2.75, 3.05) is 32.4 Å². The highest BCUT2D eigenvalue weighted by atomic mass is 32.2. The molecule has 1 heterocycles. The van der Waals surface area contributed by atoms with Gasteiger partial charge in [-0.1, -0.05) is 11.8 Å². The average molecular weight is 409 g/mol. The molecule has 148 valence electrons. The van der Waals surface area contributed by atoms with Crippen molar-refractivity contribution in [3.8, 4) is 23.3 Å². The van der Waals surface area contributed by atoms with Gasteiger partial charge in [0, 0.05) is 23.2 Å². The number of nitrogens with zero attached hydrogens (tertiary/aromatic N) is 2. The average Bonchev–Trinajstić information content (AvgIpc) is 2.76. The van der Waals surface area contributed by atoms with Crippen molar-refractivity contribution in [2.24, 2.45) is 0 Å². The first-order chi connectivity index (χ1) is 14.1. The number of methoxy groups -OCH3 is 3. The largest absolute Gasteiger partial charge is 0.497 e. The number of benzene rings is 2. The van der Waals surface area contributed by atoms with Crippen LogP contribution in [0.5, 0.6) is 17.2 Å². The summed E-state index contributed by atoms with van der Waals surface area (Å²) in [5.41, 5.74) is 1.71. The van der Waals surface area contributed by atoms with Gasteiger partial charge >= 0.3 is 0 Å². The molecule has 29 heavy (non-hydrogen) atoms. The summed E-state index contributed by atoms with van der Waals surface area (Å²) in [6.45, 7) is 0. The Morgan fingerprint density at radius 1 is 1.07 bits per heavy atom. The maximum atomic E-state index is 12.4. The minimum absolute atomic E-state index is 0.103. The summed E-state index contributed by atoms with van der Waals surface area (Å²) in [5.74, 6) is 1.66. The third kappa shape index (κ3) is 4.70. The van der Waals surface area contributed by atoms with Crippen LogP contribution in [-0.4, -0.2) is 38.0 Å².